The average molecular weight is 1530 g/mol. The van der Waals surface area contributed by atoms with Gasteiger partial charge in [-0.1, -0.05) is 336 Å². The van der Waals surface area contributed by atoms with Gasteiger partial charge in [-0.2, -0.15) is 0 Å². The molecule has 0 heterocycles. The molecule has 0 aromatic heterocycles. The first-order valence-electron chi connectivity index (χ1n) is 41.0. The largest absolute Gasteiger partial charge is 0.491 e. The number of aliphatic hydroxyl groups excluding tert-OH is 2. The number of ether oxygens (including phenoxy) is 2. The van der Waals surface area contributed by atoms with Crippen LogP contribution in [-0.2, 0) is 43.8 Å². The zero-order chi connectivity index (χ0) is 69.7. The van der Waals surface area contributed by atoms with Gasteiger partial charge in [0.05, 0.1) is 12.2 Å². The average Bonchev–Trinajstić information content (AvgIpc) is 1.57. The summed E-state index contributed by atoms with van der Waals surface area (Å²) in [5.41, 5.74) is 25.9. The quantitative estimate of drug-likeness (QED) is 0.0373. The fourth-order valence-corrected chi connectivity index (χ4v) is 17.1. The molecule has 2 aliphatic carbocycles. The number of rotatable bonds is 49. The van der Waals surface area contributed by atoms with Gasteiger partial charge in [-0.15, -0.1) is 0 Å². The summed E-state index contributed by atoms with van der Waals surface area (Å²) in [7, 11) is 0. The Morgan fingerprint density at radius 3 is 0.960 bits per heavy atom. The third kappa shape index (κ3) is 21.9. The van der Waals surface area contributed by atoms with E-state index in [0.717, 1.165) is 31.2 Å². The van der Waals surface area contributed by atoms with Crippen LogP contribution in [0.5, 0.6) is 11.5 Å². The molecule has 0 amide bonds. The third-order valence-electron chi connectivity index (χ3n) is 22.9. The molecule has 7 aromatic rings. The van der Waals surface area contributed by atoms with Gasteiger partial charge in [0.1, 0.15) is 24.7 Å². The van der Waals surface area contributed by atoms with E-state index in [9.17, 15) is 10.2 Å². The smallest absolute Gasteiger partial charge is 0.119 e. The summed E-state index contributed by atoms with van der Waals surface area (Å²) in [5.74, 6) is 1.42. The van der Waals surface area contributed by atoms with Crippen LogP contribution in [-0.4, -0.2) is 35.6 Å². The maximum Gasteiger partial charge on any atom is 0.119 e. The molecule has 7 aromatic carbocycles. The summed E-state index contributed by atoms with van der Waals surface area (Å²) in [6.45, 7) is 18.7. The van der Waals surface area contributed by atoms with Crippen molar-refractivity contribution in [1.29, 1.82) is 0 Å². The molecule has 545 valence electrons. The molecule has 0 bridgehead atoms. The standard InChI is InChI=1S/C95H132O4.Ir/c1-9-15-21-27-31-37-59-94(60-38-32-28-22-16-10-2)90-63-73(8)45-55-84(90)86-57-49-78(67-92(86)94)88-64-77(42-36-26-20-14-6)89(65-76(88)41-35-25-19-13-5)79-50-58-87-85-56-48-75(66-91(85)95(93(87)68-79,61-39-33-29-23-17-11-3)62-40-34-30-24-18-12-4)74-46-53-83(54-47-74)99-71-81(97)69-80(96)70-98-82-51-43-72(7)44-52-82;/h43-58,63-68,80-81,96-97H,9-42,59-62,69-71H2,1-8H3;. The second-order valence-electron chi connectivity index (χ2n) is 30.9. The SMILES string of the molecule is CCCCCCCCC1(CCCCCCCC)c2cc(C)ccc2-c2ccc(-c3cc(CCCCCC)c(-c4ccc5c(c4)C(CCCCCCCC)(CCCCCCCC)c4cc(-c6ccc(OCC(O)CC(O)COc7ccc(C)cc7)cc6)ccc4-5)cc3CCCCCC)cc21.[Ir]. The van der Waals surface area contributed by atoms with E-state index in [0.29, 0.717) is 11.5 Å². The molecule has 9 rings (SSSR count). The van der Waals surface area contributed by atoms with Crippen molar-refractivity contribution in [3.8, 4) is 67.1 Å². The van der Waals surface area contributed by atoms with Gasteiger partial charge in [0, 0.05) is 37.4 Å². The molecule has 100 heavy (non-hydrogen) atoms. The van der Waals surface area contributed by atoms with E-state index in [4.69, 9.17) is 9.47 Å². The number of hydrogen-bond donors (Lipinski definition) is 2. The predicted octanol–water partition coefficient (Wildman–Crippen LogP) is 27.7. The van der Waals surface area contributed by atoms with Gasteiger partial charge in [0.2, 0.25) is 0 Å². The molecule has 2 unspecified atom stereocenters. The van der Waals surface area contributed by atoms with Crippen LogP contribution in [0.25, 0.3) is 55.6 Å². The number of fused-ring (bicyclic) bond motifs is 6. The van der Waals surface area contributed by atoms with E-state index in [1.165, 1.54) is 296 Å². The van der Waals surface area contributed by atoms with Crippen LogP contribution in [0.2, 0.25) is 0 Å². The van der Waals surface area contributed by atoms with Gasteiger partial charge in [0.15, 0.2) is 0 Å². The molecular formula is C95H132IrO4. The van der Waals surface area contributed by atoms with Gasteiger partial charge in [0.25, 0.3) is 0 Å². The van der Waals surface area contributed by atoms with Crippen LogP contribution in [0.3, 0.4) is 0 Å². The Morgan fingerprint density at radius 1 is 0.290 bits per heavy atom. The van der Waals surface area contributed by atoms with E-state index in [1.807, 2.05) is 43.3 Å². The van der Waals surface area contributed by atoms with Crippen LogP contribution < -0.4 is 9.47 Å². The van der Waals surface area contributed by atoms with Gasteiger partial charge >= 0.3 is 0 Å². The Kier molecular flexibility index (Phi) is 34.1. The van der Waals surface area contributed by atoms with Crippen molar-refractivity contribution in [3.63, 3.8) is 0 Å². The Balaban J connectivity index is 0.0000127. The van der Waals surface area contributed by atoms with E-state index in [-0.39, 0.29) is 50.6 Å². The fourth-order valence-electron chi connectivity index (χ4n) is 17.1. The minimum Gasteiger partial charge on any atom is -0.491 e. The number of aryl methyl sites for hydroxylation is 4. The summed E-state index contributed by atoms with van der Waals surface area (Å²) in [6, 6.07) is 52.4. The van der Waals surface area contributed by atoms with Crippen LogP contribution in [0.1, 0.15) is 324 Å². The fraction of sp³-hybridized carbons (Fsp3) is 0.558. The summed E-state index contributed by atoms with van der Waals surface area (Å²) < 4.78 is 12.0. The Morgan fingerprint density at radius 2 is 0.580 bits per heavy atom. The predicted molar refractivity (Wildman–Crippen MR) is 426 cm³/mol. The molecule has 0 saturated heterocycles. The second kappa shape index (κ2) is 42.5. The molecule has 2 N–H and O–H groups in total. The topological polar surface area (TPSA) is 58.9 Å². The zero-order valence-corrected chi connectivity index (χ0v) is 66.3. The van der Waals surface area contributed by atoms with Crippen LogP contribution >= 0.6 is 0 Å². The number of unbranched alkanes of at least 4 members (excludes halogenated alkanes) is 26. The van der Waals surface area contributed by atoms with Gasteiger partial charge < -0.3 is 19.7 Å². The van der Waals surface area contributed by atoms with Crippen LogP contribution in [0.15, 0.2) is 133 Å². The summed E-state index contributed by atoms with van der Waals surface area (Å²) in [4.78, 5) is 0. The van der Waals surface area contributed by atoms with Crippen LogP contribution in [0, 0.1) is 13.8 Å². The molecule has 0 spiro atoms. The van der Waals surface area contributed by atoms with E-state index in [1.54, 1.807) is 16.7 Å². The normalized spacial score (nSPS) is 13.7. The van der Waals surface area contributed by atoms with Crippen molar-refractivity contribution >= 4 is 0 Å². The summed E-state index contributed by atoms with van der Waals surface area (Å²) in [6.07, 6.45) is 46.9. The first-order chi connectivity index (χ1) is 48.5. The molecule has 1 radical (unpaired) electrons. The zero-order valence-electron chi connectivity index (χ0n) is 63.9. The molecule has 0 saturated carbocycles. The minimum atomic E-state index is -0.833. The summed E-state index contributed by atoms with van der Waals surface area (Å²) in [5, 5.41) is 21.7. The molecule has 4 nitrogen and oxygen atoms in total. The maximum atomic E-state index is 11.0. The Bertz CT molecular complexity index is 3470. The van der Waals surface area contributed by atoms with Crippen molar-refractivity contribution in [2.75, 3.05) is 13.2 Å². The Labute approximate surface area is 622 Å². The Hall–Kier alpha value is -5.29. The van der Waals surface area contributed by atoms with E-state index in [2.05, 4.69) is 146 Å². The number of hydrogen-bond acceptors (Lipinski definition) is 4. The second-order valence-corrected chi connectivity index (χ2v) is 30.9. The number of benzene rings is 7. The van der Waals surface area contributed by atoms with E-state index >= 15 is 0 Å². The minimum absolute atomic E-state index is 0. The van der Waals surface area contributed by atoms with Crippen molar-refractivity contribution in [1.82, 2.24) is 0 Å². The molecule has 2 aliphatic rings. The molecule has 0 fully saturated rings. The maximum absolute atomic E-state index is 11.0. The molecule has 5 heteroatoms. The van der Waals surface area contributed by atoms with Crippen molar-refractivity contribution in [2.24, 2.45) is 0 Å². The molecule has 0 aliphatic heterocycles. The molecular weight excluding hydrogens is 1400 g/mol. The first-order valence-corrected chi connectivity index (χ1v) is 41.0. The van der Waals surface area contributed by atoms with Crippen molar-refractivity contribution in [2.45, 2.75) is 329 Å². The monoisotopic (exact) mass is 1530 g/mol. The third-order valence-corrected chi connectivity index (χ3v) is 22.9. The van der Waals surface area contributed by atoms with Crippen molar-refractivity contribution < 1.29 is 39.8 Å². The van der Waals surface area contributed by atoms with Gasteiger partial charge in [-0.05, 0) is 197 Å². The number of aliphatic hydroxyl groups is 2. The molecule has 2 atom stereocenters. The van der Waals surface area contributed by atoms with Gasteiger partial charge in [-0.3, -0.25) is 0 Å². The van der Waals surface area contributed by atoms with E-state index < -0.39 is 12.2 Å². The van der Waals surface area contributed by atoms with Gasteiger partial charge in [-0.25, -0.2) is 0 Å². The first kappa shape index (κ1) is 80.4. The summed E-state index contributed by atoms with van der Waals surface area (Å²) >= 11 is 0. The van der Waals surface area contributed by atoms with Crippen LogP contribution in [0.4, 0.5) is 0 Å². The van der Waals surface area contributed by atoms with Crippen molar-refractivity contribution in [3.05, 3.63) is 178 Å².